The highest BCUT2D eigenvalue weighted by Gasteiger charge is 2.34. The number of nitrogens with zero attached hydrogens (tertiary/aromatic N) is 3. The molecule has 4 heterocycles. The van der Waals surface area contributed by atoms with E-state index < -0.39 is 0 Å². The fraction of sp³-hybridized carbons (Fsp3) is 0.132. The topological polar surface area (TPSA) is 78.3 Å². The van der Waals surface area contributed by atoms with Crippen molar-refractivity contribution >= 4 is 70.8 Å². The SMILES string of the molecule is O=C1NCc2c1c1c(c3c2c2ccccc2n3CCOc2nc3ccccc3s2)CCc2cc(Oc3nc4ccccc4s3)ccc2-1. The predicted molar refractivity (Wildman–Crippen MR) is 188 cm³/mol. The Balaban J connectivity index is 1.08. The third-order valence-electron chi connectivity index (χ3n) is 9.35. The molecule has 1 N–H and O–H groups in total. The van der Waals surface area contributed by atoms with E-state index in [4.69, 9.17) is 9.47 Å². The quantitative estimate of drug-likeness (QED) is 0.195. The highest BCUT2D eigenvalue weighted by molar-refractivity contribution is 7.20. The van der Waals surface area contributed by atoms with Gasteiger partial charge in [0, 0.05) is 28.4 Å². The molecule has 1 aliphatic carbocycles. The van der Waals surface area contributed by atoms with E-state index >= 15 is 0 Å². The van der Waals surface area contributed by atoms with Gasteiger partial charge in [-0.25, -0.2) is 9.97 Å². The summed E-state index contributed by atoms with van der Waals surface area (Å²) < 4.78 is 17.1. The van der Waals surface area contributed by atoms with Crippen LogP contribution in [0.25, 0.3) is 53.4 Å². The van der Waals surface area contributed by atoms with Gasteiger partial charge in [-0.2, -0.15) is 0 Å². The van der Waals surface area contributed by atoms with Crippen LogP contribution in [0.15, 0.2) is 91.0 Å². The molecule has 5 aromatic carbocycles. The zero-order valence-electron chi connectivity index (χ0n) is 25.1. The van der Waals surface area contributed by atoms with Crippen molar-refractivity contribution < 1.29 is 14.3 Å². The lowest BCUT2D eigenvalue weighted by Gasteiger charge is -2.25. The summed E-state index contributed by atoms with van der Waals surface area (Å²) in [5.74, 6) is 0.756. The Kier molecular flexibility index (Phi) is 5.95. The molecule has 47 heavy (non-hydrogen) atoms. The van der Waals surface area contributed by atoms with E-state index in [1.165, 1.54) is 27.4 Å². The zero-order valence-corrected chi connectivity index (χ0v) is 26.7. The number of fused-ring (bicyclic) bond motifs is 12. The number of nitrogens with one attached hydrogen (secondary N) is 1. The van der Waals surface area contributed by atoms with Crippen molar-refractivity contribution in [3.63, 3.8) is 0 Å². The maximum absolute atomic E-state index is 13.6. The minimum absolute atomic E-state index is 0.00296. The minimum Gasteiger partial charge on any atom is -0.468 e. The summed E-state index contributed by atoms with van der Waals surface area (Å²) in [5, 5.41) is 6.81. The first-order valence-electron chi connectivity index (χ1n) is 15.7. The van der Waals surface area contributed by atoms with E-state index in [1.807, 2.05) is 42.5 Å². The van der Waals surface area contributed by atoms with Crippen LogP contribution in [0.1, 0.15) is 27.0 Å². The molecule has 7 nitrogen and oxygen atoms in total. The molecule has 0 unspecified atom stereocenters. The van der Waals surface area contributed by atoms with Gasteiger partial charge in [-0.15, -0.1) is 0 Å². The van der Waals surface area contributed by atoms with Gasteiger partial charge in [0.05, 0.1) is 38.1 Å². The van der Waals surface area contributed by atoms with Crippen molar-refractivity contribution in [2.45, 2.75) is 25.9 Å². The Hall–Kier alpha value is -5.25. The fourth-order valence-corrected chi connectivity index (χ4v) is 9.08. The lowest BCUT2D eigenvalue weighted by Crippen LogP contribution is -2.16. The smallest absolute Gasteiger partial charge is 0.279 e. The van der Waals surface area contributed by atoms with E-state index in [9.17, 15) is 4.79 Å². The normalized spacial score (nSPS) is 13.7. The fourth-order valence-electron chi connectivity index (χ4n) is 7.40. The lowest BCUT2D eigenvalue weighted by molar-refractivity contribution is 0.0966. The van der Waals surface area contributed by atoms with Gasteiger partial charge in [0.1, 0.15) is 12.4 Å². The van der Waals surface area contributed by atoms with Crippen molar-refractivity contribution in [2.75, 3.05) is 6.61 Å². The maximum Gasteiger partial charge on any atom is 0.279 e. The summed E-state index contributed by atoms with van der Waals surface area (Å²) in [6.07, 6.45) is 1.66. The summed E-state index contributed by atoms with van der Waals surface area (Å²) in [7, 11) is 0. The van der Waals surface area contributed by atoms with Crippen LogP contribution < -0.4 is 14.8 Å². The van der Waals surface area contributed by atoms with E-state index in [-0.39, 0.29) is 5.91 Å². The summed E-state index contributed by atoms with van der Waals surface area (Å²) >= 11 is 3.12. The molecule has 8 aromatic rings. The van der Waals surface area contributed by atoms with Crippen LogP contribution in [0, 0.1) is 0 Å². The van der Waals surface area contributed by atoms with Gasteiger partial charge < -0.3 is 19.4 Å². The van der Waals surface area contributed by atoms with Crippen LogP contribution in [-0.4, -0.2) is 27.0 Å². The Morgan fingerprint density at radius 3 is 2.36 bits per heavy atom. The first kappa shape index (κ1) is 26.9. The van der Waals surface area contributed by atoms with E-state index in [0.717, 1.165) is 66.8 Å². The van der Waals surface area contributed by atoms with Crippen LogP contribution in [0.3, 0.4) is 0 Å². The van der Waals surface area contributed by atoms with Gasteiger partial charge in [0.2, 0.25) is 0 Å². The highest BCUT2D eigenvalue weighted by Crippen LogP contribution is 2.47. The van der Waals surface area contributed by atoms with Crippen molar-refractivity contribution in [3.8, 4) is 27.3 Å². The average Bonchev–Trinajstić information content (AvgIpc) is 3.87. The number of amides is 1. The second kappa shape index (κ2) is 10.4. The summed E-state index contributed by atoms with van der Waals surface area (Å²) in [5.41, 5.74) is 10.7. The number of hydrogen-bond acceptors (Lipinski definition) is 7. The van der Waals surface area contributed by atoms with Crippen LogP contribution >= 0.6 is 22.7 Å². The first-order valence-corrected chi connectivity index (χ1v) is 17.3. The number of hydrogen-bond donors (Lipinski definition) is 1. The molecule has 10 rings (SSSR count). The van der Waals surface area contributed by atoms with Crippen LogP contribution in [0.4, 0.5) is 0 Å². The molecule has 1 aliphatic heterocycles. The number of carbonyl (C=O) groups is 1. The van der Waals surface area contributed by atoms with Gasteiger partial charge in [-0.3, -0.25) is 4.79 Å². The Morgan fingerprint density at radius 1 is 0.787 bits per heavy atom. The highest BCUT2D eigenvalue weighted by atomic mass is 32.1. The van der Waals surface area contributed by atoms with Crippen molar-refractivity contribution in [1.29, 1.82) is 0 Å². The molecule has 0 radical (unpaired) electrons. The molecular weight excluding hydrogens is 625 g/mol. The monoisotopic (exact) mass is 650 g/mol. The van der Waals surface area contributed by atoms with Gasteiger partial charge in [0.15, 0.2) is 0 Å². The van der Waals surface area contributed by atoms with Crippen LogP contribution in [0.2, 0.25) is 0 Å². The molecule has 1 amide bonds. The summed E-state index contributed by atoms with van der Waals surface area (Å²) in [6.45, 7) is 1.66. The lowest BCUT2D eigenvalue weighted by atomic mass is 9.80. The molecule has 0 saturated heterocycles. The van der Waals surface area contributed by atoms with Crippen molar-refractivity contribution in [2.24, 2.45) is 0 Å². The predicted octanol–water partition coefficient (Wildman–Crippen LogP) is 8.89. The molecule has 228 valence electrons. The third-order valence-corrected chi connectivity index (χ3v) is 11.2. The number of para-hydroxylation sites is 3. The molecule has 0 spiro atoms. The molecule has 0 bridgehead atoms. The van der Waals surface area contributed by atoms with Gasteiger partial charge in [-0.1, -0.05) is 71.2 Å². The summed E-state index contributed by atoms with van der Waals surface area (Å²) in [4.78, 5) is 22.9. The molecule has 9 heteroatoms. The standard InChI is InChI=1S/C38H26N4O3S2/c43-36-34-26(20-39-36)33-24-7-1-4-10-29(24)42(17-18-44-37-40-27-8-2-5-11-30(27)46-37)35(33)25-15-13-21-19-22(14-16-23(21)32(25)34)45-38-41-28-9-3-6-12-31(28)47-38/h1-12,14,16,19H,13,15,17-18,20H2,(H,39,43). The van der Waals surface area contributed by atoms with Gasteiger partial charge >= 0.3 is 0 Å². The first-order chi connectivity index (χ1) is 23.2. The van der Waals surface area contributed by atoms with Gasteiger partial charge in [0.25, 0.3) is 16.3 Å². The Bertz CT molecular complexity index is 2510. The second-order valence-corrected chi connectivity index (χ2v) is 13.9. The number of ether oxygens (including phenoxy) is 2. The summed E-state index contributed by atoms with van der Waals surface area (Å²) in [6, 6.07) is 31.0. The zero-order chi connectivity index (χ0) is 31.1. The largest absolute Gasteiger partial charge is 0.468 e. The molecule has 0 atom stereocenters. The minimum atomic E-state index is -0.00296. The maximum atomic E-state index is 13.6. The molecular formula is C38H26N4O3S2. The molecule has 3 aromatic heterocycles. The number of aromatic nitrogens is 3. The molecule has 2 aliphatic rings. The number of benzene rings is 5. The van der Waals surface area contributed by atoms with E-state index in [0.29, 0.717) is 30.1 Å². The Morgan fingerprint density at radius 2 is 1.53 bits per heavy atom. The average molecular weight is 651 g/mol. The molecule has 0 fully saturated rings. The van der Waals surface area contributed by atoms with Crippen LogP contribution in [0.5, 0.6) is 16.1 Å². The number of aryl methyl sites for hydroxylation is 2. The molecule has 0 saturated carbocycles. The second-order valence-electron chi connectivity index (χ2n) is 11.9. The van der Waals surface area contributed by atoms with Crippen LogP contribution in [-0.2, 0) is 25.9 Å². The van der Waals surface area contributed by atoms with E-state index in [2.05, 4.69) is 68.4 Å². The number of carbonyl (C=O) groups excluding carboxylic acids is 1. The number of thiazole rings is 2. The van der Waals surface area contributed by atoms with E-state index in [1.54, 1.807) is 22.7 Å². The third kappa shape index (κ3) is 4.20. The number of rotatable bonds is 6. The van der Waals surface area contributed by atoms with Gasteiger partial charge in [-0.05, 0) is 77.6 Å². The Labute approximate surface area is 277 Å². The van der Waals surface area contributed by atoms with Crippen molar-refractivity contribution in [1.82, 2.24) is 19.9 Å². The van der Waals surface area contributed by atoms with Crippen molar-refractivity contribution in [3.05, 3.63) is 113 Å².